The summed E-state index contributed by atoms with van der Waals surface area (Å²) in [6.45, 7) is 10.9. The lowest BCUT2D eigenvalue weighted by atomic mass is 9.68. The van der Waals surface area contributed by atoms with Crippen LogP contribution in [0.1, 0.15) is 83.8 Å². The first-order valence-electron chi connectivity index (χ1n) is 15.2. The smallest absolute Gasteiger partial charge is 0.247 e. The zero-order valence-corrected chi connectivity index (χ0v) is 24.9. The molecule has 4 fully saturated rings. The summed E-state index contributed by atoms with van der Waals surface area (Å²) in [5.41, 5.74) is 2.09. The number of hydrogen-bond donors (Lipinski definition) is 0. The maximum absolute atomic E-state index is 14.2. The van der Waals surface area contributed by atoms with Crippen molar-refractivity contribution in [2.75, 3.05) is 31.9 Å². The van der Waals surface area contributed by atoms with Crippen LogP contribution in [0.2, 0.25) is 0 Å². The summed E-state index contributed by atoms with van der Waals surface area (Å²) in [5.74, 6) is 0.117. The van der Waals surface area contributed by atoms with Gasteiger partial charge in [-0.25, -0.2) is 12.7 Å². The van der Waals surface area contributed by atoms with Gasteiger partial charge in [0.1, 0.15) is 0 Å². The lowest BCUT2D eigenvalue weighted by molar-refractivity contribution is -0.146. The Balaban J connectivity index is 1.25. The Morgan fingerprint density at radius 1 is 1.00 bits per heavy atom. The van der Waals surface area contributed by atoms with Gasteiger partial charge in [-0.3, -0.25) is 19.4 Å². The second-order valence-electron chi connectivity index (χ2n) is 13.5. The molecule has 5 aliphatic rings. The van der Waals surface area contributed by atoms with Crippen molar-refractivity contribution >= 4 is 21.8 Å². The fraction of sp³-hybridized carbons (Fsp3) is 0.742. The number of carbonyl (C=O) groups is 2. The summed E-state index contributed by atoms with van der Waals surface area (Å²) in [5, 5.41) is 0. The van der Waals surface area contributed by atoms with Crippen LogP contribution in [-0.2, 0) is 31.4 Å². The first-order valence-corrected chi connectivity index (χ1v) is 16.8. The summed E-state index contributed by atoms with van der Waals surface area (Å²) in [6, 6.07) is 7.92. The topological polar surface area (TPSA) is 78.0 Å². The quantitative estimate of drug-likeness (QED) is 0.476. The average Bonchev–Trinajstić information content (AvgIpc) is 3.55. The number of likely N-dealkylation sites (N-methyl/N-ethyl adjacent to an activating group) is 1. The maximum Gasteiger partial charge on any atom is 0.247 e. The molecule has 0 aromatic heterocycles. The van der Waals surface area contributed by atoms with Gasteiger partial charge in [0.05, 0.1) is 18.2 Å². The van der Waals surface area contributed by atoms with Crippen molar-refractivity contribution in [3.05, 3.63) is 35.4 Å². The second-order valence-corrected chi connectivity index (χ2v) is 15.5. The van der Waals surface area contributed by atoms with E-state index >= 15 is 0 Å². The lowest BCUT2D eigenvalue weighted by Crippen LogP contribution is -2.57. The normalized spacial score (nSPS) is 33.6. The SMILES string of the molecule is CCN(CC)[C@H]1CC(=O)N([C@H]2CC3CC[C@]2(CS(=O)(=O)N2CCC4(CCc5ccccc54)CC2)C3(C)C)C1=O. The third-order valence-corrected chi connectivity index (χ3v) is 14.1. The minimum Gasteiger partial charge on any atom is -0.292 e. The Kier molecular flexibility index (Phi) is 6.59. The molecular weight excluding hydrogens is 510 g/mol. The van der Waals surface area contributed by atoms with Crippen molar-refractivity contribution in [2.45, 2.75) is 96.6 Å². The molecule has 2 heterocycles. The molecule has 1 spiro atoms. The Morgan fingerprint density at radius 2 is 1.69 bits per heavy atom. The van der Waals surface area contributed by atoms with Crippen LogP contribution in [0.5, 0.6) is 0 Å². The summed E-state index contributed by atoms with van der Waals surface area (Å²) in [7, 11) is -3.57. The molecule has 1 aromatic carbocycles. The molecule has 2 saturated carbocycles. The molecule has 8 heteroatoms. The molecule has 2 bridgehead atoms. The standard InChI is InChI=1S/C31H45N3O4S/c1-5-32(6-2)25-20-27(35)34(28(25)36)26-19-23-12-14-31(26,29(23,3)4)21-39(37,38)33-17-15-30(16-18-33)13-11-22-9-7-8-10-24(22)30/h7-10,23,25-26H,5-6,11-21H2,1-4H3/t23?,25-,26-,31+/m0/s1. The van der Waals surface area contributed by atoms with Gasteiger partial charge >= 0.3 is 0 Å². The van der Waals surface area contributed by atoms with Gasteiger partial charge in [0.2, 0.25) is 21.8 Å². The number of fused-ring (bicyclic) bond motifs is 4. The van der Waals surface area contributed by atoms with E-state index in [0.29, 0.717) is 32.1 Å². The number of piperidine rings is 1. The number of likely N-dealkylation sites (tertiary alicyclic amines) is 1. The molecule has 0 radical (unpaired) electrons. The number of benzene rings is 1. The lowest BCUT2D eigenvalue weighted by Gasteiger charge is -2.47. The average molecular weight is 556 g/mol. The largest absolute Gasteiger partial charge is 0.292 e. The van der Waals surface area contributed by atoms with Gasteiger partial charge in [0.15, 0.2) is 0 Å². The van der Waals surface area contributed by atoms with E-state index in [9.17, 15) is 18.0 Å². The summed E-state index contributed by atoms with van der Waals surface area (Å²) < 4.78 is 30.1. The van der Waals surface area contributed by atoms with Gasteiger partial charge in [-0.2, -0.15) is 0 Å². The number of amides is 2. The first kappa shape index (κ1) is 27.4. The summed E-state index contributed by atoms with van der Waals surface area (Å²) in [6.07, 6.45) is 6.57. The van der Waals surface area contributed by atoms with Crippen LogP contribution in [0.25, 0.3) is 0 Å². The van der Waals surface area contributed by atoms with Crippen molar-refractivity contribution in [3.63, 3.8) is 0 Å². The van der Waals surface area contributed by atoms with Gasteiger partial charge in [0, 0.05) is 24.5 Å². The zero-order chi connectivity index (χ0) is 27.8. The molecule has 3 aliphatic carbocycles. The van der Waals surface area contributed by atoms with Crippen LogP contribution in [0.15, 0.2) is 24.3 Å². The summed E-state index contributed by atoms with van der Waals surface area (Å²) >= 11 is 0. The highest BCUT2D eigenvalue weighted by atomic mass is 32.2. The van der Waals surface area contributed by atoms with E-state index in [2.05, 4.69) is 43.0 Å². The number of hydrogen-bond acceptors (Lipinski definition) is 5. The van der Waals surface area contributed by atoms with E-state index in [1.54, 1.807) is 4.31 Å². The van der Waals surface area contributed by atoms with E-state index in [1.165, 1.54) is 16.0 Å². The van der Waals surface area contributed by atoms with E-state index in [0.717, 1.165) is 44.9 Å². The van der Waals surface area contributed by atoms with Crippen molar-refractivity contribution in [1.29, 1.82) is 0 Å². The first-order chi connectivity index (χ1) is 18.5. The maximum atomic E-state index is 14.2. The van der Waals surface area contributed by atoms with Gasteiger partial charge in [-0.15, -0.1) is 0 Å². The predicted octanol–water partition coefficient (Wildman–Crippen LogP) is 3.96. The number of aryl methyl sites for hydroxylation is 1. The molecule has 2 aliphatic heterocycles. The molecule has 7 nitrogen and oxygen atoms in total. The fourth-order valence-electron chi connectivity index (χ4n) is 9.54. The van der Waals surface area contributed by atoms with Gasteiger partial charge in [-0.1, -0.05) is 52.0 Å². The molecule has 1 aromatic rings. The van der Waals surface area contributed by atoms with Crippen molar-refractivity contribution < 1.29 is 18.0 Å². The van der Waals surface area contributed by atoms with Crippen LogP contribution in [-0.4, -0.2) is 78.4 Å². The molecular formula is C31H45N3O4S. The van der Waals surface area contributed by atoms with E-state index < -0.39 is 21.5 Å². The number of rotatable bonds is 7. The number of carbonyl (C=O) groups excluding carboxylic acids is 2. The van der Waals surface area contributed by atoms with Crippen molar-refractivity contribution in [3.8, 4) is 0 Å². The fourth-order valence-corrected chi connectivity index (χ4v) is 11.8. The number of imide groups is 1. The van der Waals surface area contributed by atoms with E-state index in [-0.39, 0.29) is 40.9 Å². The third-order valence-electron chi connectivity index (χ3n) is 12.1. The second kappa shape index (κ2) is 9.38. The molecule has 4 atom stereocenters. The van der Waals surface area contributed by atoms with Crippen molar-refractivity contribution in [2.24, 2.45) is 16.7 Å². The minimum atomic E-state index is -3.57. The minimum absolute atomic E-state index is 0.0325. The Labute approximate surface area is 234 Å². The van der Waals surface area contributed by atoms with Crippen LogP contribution in [0.4, 0.5) is 0 Å². The molecule has 2 amide bonds. The highest BCUT2D eigenvalue weighted by molar-refractivity contribution is 7.89. The third kappa shape index (κ3) is 3.91. The Morgan fingerprint density at radius 3 is 2.36 bits per heavy atom. The zero-order valence-electron chi connectivity index (χ0n) is 24.1. The monoisotopic (exact) mass is 555 g/mol. The van der Waals surface area contributed by atoms with Gasteiger partial charge < -0.3 is 0 Å². The van der Waals surface area contributed by atoms with Gasteiger partial charge in [-0.05, 0) is 85.9 Å². The molecule has 6 rings (SSSR count). The van der Waals surface area contributed by atoms with Crippen LogP contribution in [0.3, 0.4) is 0 Å². The van der Waals surface area contributed by atoms with E-state index in [4.69, 9.17) is 0 Å². The van der Waals surface area contributed by atoms with Crippen LogP contribution >= 0.6 is 0 Å². The Hall–Kier alpha value is -1.77. The van der Waals surface area contributed by atoms with Crippen molar-refractivity contribution in [1.82, 2.24) is 14.1 Å². The molecule has 214 valence electrons. The molecule has 0 N–H and O–H groups in total. The predicted molar refractivity (Wildman–Crippen MR) is 152 cm³/mol. The highest BCUT2D eigenvalue weighted by Gasteiger charge is 2.69. The molecule has 39 heavy (non-hydrogen) atoms. The number of sulfonamides is 1. The Bertz CT molecular complexity index is 1260. The van der Waals surface area contributed by atoms with Crippen LogP contribution in [0, 0.1) is 16.7 Å². The molecule has 2 saturated heterocycles. The number of nitrogens with zero attached hydrogens (tertiary/aromatic N) is 3. The highest BCUT2D eigenvalue weighted by Crippen LogP contribution is 2.67. The van der Waals surface area contributed by atoms with E-state index in [1.807, 2.05) is 13.8 Å². The van der Waals surface area contributed by atoms with Crippen LogP contribution < -0.4 is 0 Å². The molecule has 1 unspecified atom stereocenters. The van der Waals surface area contributed by atoms with Gasteiger partial charge in [0.25, 0.3) is 0 Å². The summed E-state index contributed by atoms with van der Waals surface area (Å²) in [4.78, 5) is 30.7.